The molecule has 0 aromatic carbocycles. The Kier molecular flexibility index (Phi) is 4.93. The molecule has 6 nitrogen and oxygen atoms in total. The topological polar surface area (TPSA) is 62.2 Å². The van der Waals surface area contributed by atoms with Crippen molar-refractivity contribution < 1.29 is 4.79 Å². The Balaban J connectivity index is 1.73. The number of hydrogen-bond donors (Lipinski definition) is 2. The Morgan fingerprint density at radius 3 is 2.89 bits per heavy atom. The quantitative estimate of drug-likeness (QED) is 0.744. The van der Waals surface area contributed by atoms with E-state index in [9.17, 15) is 4.79 Å². The van der Waals surface area contributed by atoms with E-state index in [2.05, 4.69) is 20.6 Å². The molecule has 1 unspecified atom stereocenters. The zero-order valence-electron chi connectivity index (χ0n) is 11.7. The van der Waals surface area contributed by atoms with Gasteiger partial charge in [-0.1, -0.05) is 0 Å². The van der Waals surface area contributed by atoms with Crippen LogP contribution in [0.1, 0.15) is 12.6 Å². The van der Waals surface area contributed by atoms with Crippen LogP contribution in [0.25, 0.3) is 0 Å². The molecule has 0 bridgehead atoms. The molecule has 6 heteroatoms. The number of hydrogen-bond acceptors (Lipinski definition) is 4. The maximum Gasteiger partial charge on any atom is 0.237 e. The zero-order valence-corrected chi connectivity index (χ0v) is 11.7. The van der Waals surface area contributed by atoms with Gasteiger partial charge < -0.3 is 10.6 Å². The molecule has 1 atom stereocenters. The second kappa shape index (κ2) is 6.68. The Morgan fingerprint density at radius 1 is 1.53 bits per heavy atom. The van der Waals surface area contributed by atoms with Gasteiger partial charge in [0.15, 0.2) is 0 Å². The lowest BCUT2D eigenvalue weighted by molar-refractivity contribution is -0.126. The van der Waals surface area contributed by atoms with E-state index >= 15 is 0 Å². The minimum atomic E-state index is -0.0476. The van der Waals surface area contributed by atoms with Crippen LogP contribution < -0.4 is 10.6 Å². The predicted octanol–water partition coefficient (Wildman–Crippen LogP) is -0.627. The van der Waals surface area contributed by atoms with Crippen LogP contribution in [0.15, 0.2) is 12.3 Å². The summed E-state index contributed by atoms with van der Waals surface area (Å²) in [5.74, 6) is 0.115. The van der Waals surface area contributed by atoms with Gasteiger partial charge in [0.2, 0.25) is 5.91 Å². The molecule has 0 aliphatic carbocycles. The molecular formula is C13H23N5O. The first-order valence-corrected chi connectivity index (χ1v) is 6.88. The molecule has 2 N–H and O–H groups in total. The summed E-state index contributed by atoms with van der Waals surface area (Å²) in [6.45, 7) is 6.45. The Bertz CT molecular complexity index is 411. The minimum Gasteiger partial charge on any atom is -0.354 e. The Morgan fingerprint density at radius 2 is 2.26 bits per heavy atom. The third-order valence-corrected chi connectivity index (χ3v) is 3.68. The van der Waals surface area contributed by atoms with Crippen molar-refractivity contribution in [2.75, 3.05) is 32.7 Å². The highest BCUT2D eigenvalue weighted by molar-refractivity contribution is 5.81. The fourth-order valence-corrected chi connectivity index (χ4v) is 2.34. The number of piperazine rings is 1. The molecule has 0 saturated carbocycles. The molecule has 1 saturated heterocycles. The highest BCUT2D eigenvalue weighted by Gasteiger charge is 2.22. The third-order valence-electron chi connectivity index (χ3n) is 3.68. The van der Waals surface area contributed by atoms with E-state index in [1.165, 1.54) is 0 Å². The van der Waals surface area contributed by atoms with Gasteiger partial charge in [-0.05, 0) is 13.0 Å². The van der Waals surface area contributed by atoms with Gasteiger partial charge in [0, 0.05) is 58.1 Å². The summed E-state index contributed by atoms with van der Waals surface area (Å²) in [4.78, 5) is 14.3. The normalized spacial score (nSPS) is 18.2. The van der Waals surface area contributed by atoms with E-state index in [0.29, 0.717) is 6.54 Å². The van der Waals surface area contributed by atoms with Crippen molar-refractivity contribution in [3.63, 3.8) is 0 Å². The number of aromatic nitrogens is 2. The number of carbonyl (C=O) groups excluding carboxylic acids is 1. The van der Waals surface area contributed by atoms with Gasteiger partial charge >= 0.3 is 0 Å². The summed E-state index contributed by atoms with van der Waals surface area (Å²) in [6.07, 6.45) is 2.59. The number of nitrogens with one attached hydrogen (secondary N) is 2. The molecule has 1 aromatic rings. The van der Waals surface area contributed by atoms with Crippen molar-refractivity contribution >= 4 is 5.91 Å². The maximum atomic E-state index is 12.1. The predicted molar refractivity (Wildman–Crippen MR) is 73.8 cm³/mol. The lowest BCUT2D eigenvalue weighted by Crippen LogP contribution is -2.52. The average molecular weight is 265 g/mol. The van der Waals surface area contributed by atoms with E-state index in [4.69, 9.17) is 0 Å². The van der Waals surface area contributed by atoms with Crippen molar-refractivity contribution in [1.29, 1.82) is 0 Å². The van der Waals surface area contributed by atoms with Crippen LogP contribution in [0, 0.1) is 0 Å². The lowest BCUT2D eigenvalue weighted by atomic mass is 10.2. The SMILES string of the molecule is CC(C(=O)NCCc1ccnn1C)N1CCNCC1. The van der Waals surface area contributed by atoms with Crippen molar-refractivity contribution in [2.45, 2.75) is 19.4 Å². The molecular weight excluding hydrogens is 242 g/mol. The number of nitrogens with zero attached hydrogens (tertiary/aromatic N) is 3. The molecule has 2 heterocycles. The highest BCUT2D eigenvalue weighted by atomic mass is 16.2. The van der Waals surface area contributed by atoms with Crippen LogP contribution in [0.2, 0.25) is 0 Å². The van der Waals surface area contributed by atoms with Crippen molar-refractivity contribution in [1.82, 2.24) is 25.3 Å². The van der Waals surface area contributed by atoms with Crippen LogP contribution in [-0.2, 0) is 18.3 Å². The number of carbonyl (C=O) groups is 1. The molecule has 1 amide bonds. The van der Waals surface area contributed by atoms with Crippen molar-refractivity contribution in [2.24, 2.45) is 7.05 Å². The van der Waals surface area contributed by atoms with Crippen molar-refractivity contribution in [3.8, 4) is 0 Å². The first-order valence-electron chi connectivity index (χ1n) is 6.88. The summed E-state index contributed by atoms with van der Waals surface area (Å²) in [6, 6.07) is 1.93. The smallest absolute Gasteiger partial charge is 0.237 e. The molecule has 0 radical (unpaired) electrons. The molecule has 0 spiro atoms. The van der Waals surface area contributed by atoms with Gasteiger partial charge in [0.25, 0.3) is 0 Å². The van der Waals surface area contributed by atoms with E-state index in [1.54, 1.807) is 6.20 Å². The third kappa shape index (κ3) is 3.78. The van der Waals surface area contributed by atoms with Crippen LogP contribution in [0.4, 0.5) is 0 Å². The summed E-state index contributed by atoms with van der Waals surface area (Å²) >= 11 is 0. The summed E-state index contributed by atoms with van der Waals surface area (Å²) in [5.41, 5.74) is 1.13. The number of rotatable bonds is 5. The zero-order chi connectivity index (χ0) is 13.7. The lowest BCUT2D eigenvalue weighted by Gasteiger charge is -2.31. The summed E-state index contributed by atoms with van der Waals surface area (Å²) < 4.78 is 1.84. The largest absolute Gasteiger partial charge is 0.354 e. The van der Waals surface area contributed by atoms with Crippen LogP contribution in [0.5, 0.6) is 0 Å². The van der Waals surface area contributed by atoms with Crippen LogP contribution in [0.3, 0.4) is 0 Å². The van der Waals surface area contributed by atoms with E-state index < -0.39 is 0 Å². The van der Waals surface area contributed by atoms with E-state index in [0.717, 1.165) is 38.3 Å². The average Bonchev–Trinajstić information content (AvgIpc) is 2.84. The summed E-state index contributed by atoms with van der Waals surface area (Å²) in [7, 11) is 1.92. The van der Waals surface area contributed by atoms with Gasteiger partial charge in [0.05, 0.1) is 6.04 Å². The second-order valence-corrected chi connectivity index (χ2v) is 4.95. The maximum absolute atomic E-state index is 12.1. The van der Waals surface area contributed by atoms with Gasteiger partial charge in [-0.25, -0.2) is 0 Å². The molecule has 1 aliphatic rings. The monoisotopic (exact) mass is 265 g/mol. The fraction of sp³-hybridized carbons (Fsp3) is 0.692. The molecule has 1 fully saturated rings. The van der Waals surface area contributed by atoms with Gasteiger partial charge in [0.1, 0.15) is 0 Å². The standard InChI is InChI=1S/C13H23N5O/c1-11(18-9-7-14-8-10-18)13(19)15-5-3-12-4-6-16-17(12)2/h4,6,11,14H,3,5,7-10H2,1-2H3,(H,15,19). The molecule has 1 aliphatic heterocycles. The molecule has 2 rings (SSSR count). The Hall–Kier alpha value is -1.40. The number of amides is 1. The molecule has 19 heavy (non-hydrogen) atoms. The van der Waals surface area contributed by atoms with E-state index in [-0.39, 0.29) is 11.9 Å². The van der Waals surface area contributed by atoms with Crippen molar-refractivity contribution in [3.05, 3.63) is 18.0 Å². The minimum absolute atomic E-state index is 0.0476. The molecule has 106 valence electrons. The van der Waals surface area contributed by atoms with Crippen LogP contribution >= 0.6 is 0 Å². The first kappa shape index (κ1) is 14.0. The fourth-order valence-electron chi connectivity index (χ4n) is 2.34. The highest BCUT2D eigenvalue weighted by Crippen LogP contribution is 2.01. The van der Waals surface area contributed by atoms with Gasteiger partial charge in [-0.3, -0.25) is 14.4 Å². The summed E-state index contributed by atoms with van der Waals surface area (Å²) in [5, 5.41) is 10.4. The Labute approximate surface area is 114 Å². The van der Waals surface area contributed by atoms with Gasteiger partial charge in [-0.15, -0.1) is 0 Å². The molecule has 1 aromatic heterocycles. The first-order chi connectivity index (χ1) is 9.18. The van der Waals surface area contributed by atoms with Crippen LogP contribution in [-0.4, -0.2) is 59.4 Å². The van der Waals surface area contributed by atoms with E-state index in [1.807, 2.05) is 24.7 Å². The second-order valence-electron chi connectivity index (χ2n) is 4.95. The number of aryl methyl sites for hydroxylation is 1. The van der Waals surface area contributed by atoms with Gasteiger partial charge in [-0.2, -0.15) is 5.10 Å².